The van der Waals surface area contributed by atoms with Crippen molar-refractivity contribution in [1.29, 1.82) is 0 Å². The molecule has 0 unspecified atom stereocenters. The Kier molecular flexibility index (Phi) is 35.7. The quantitative estimate of drug-likeness (QED) is 0.140. The summed E-state index contributed by atoms with van der Waals surface area (Å²) in [6, 6.07) is 11.5. The van der Waals surface area contributed by atoms with Gasteiger partial charge in [-0.15, -0.1) is 20.5 Å². The molecule has 4 aromatic rings. The van der Waals surface area contributed by atoms with E-state index < -0.39 is 20.5 Å². The molecule has 14 N–H and O–H groups in total. The molecular weight excluding hydrogens is 682 g/mol. The fourth-order valence-electron chi connectivity index (χ4n) is 2.11. The van der Waals surface area contributed by atoms with Gasteiger partial charge in [-0.05, 0) is 47.5 Å². The van der Waals surface area contributed by atoms with Crippen LogP contribution in [0.1, 0.15) is 22.5 Å². The zero-order valence-electron chi connectivity index (χ0n) is 22.3. The van der Waals surface area contributed by atoms with Crippen LogP contribution in [-0.4, -0.2) is 35.4 Å². The van der Waals surface area contributed by atoms with E-state index in [-0.39, 0.29) is 44.4 Å². The summed E-state index contributed by atoms with van der Waals surface area (Å²) in [5, 5.41) is 0. The number of nitrogens with zero attached hydrogens (tertiary/aromatic N) is 6. The molecule has 4 aromatic heterocycles. The Balaban J connectivity index is -0.000000114. The van der Waals surface area contributed by atoms with Gasteiger partial charge in [-0.1, -0.05) is 24.3 Å². The van der Waals surface area contributed by atoms with Crippen LogP contribution in [-0.2, 0) is 39.0 Å². The number of pyridine rings is 2. The summed E-state index contributed by atoms with van der Waals surface area (Å²) in [6.45, 7) is 0. The molecule has 22 heteroatoms. The molecule has 0 aromatic carbocycles. The third-order valence-corrected chi connectivity index (χ3v) is 3.47. The average Bonchev–Trinajstić information content (AvgIpc) is 2.87. The van der Waals surface area contributed by atoms with Gasteiger partial charge in [0.25, 0.3) is 0 Å². The number of hydrogen-bond donors (Lipinski definition) is 0. The zero-order chi connectivity index (χ0) is 28.3. The van der Waals surface area contributed by atoms with Crippen LogP contribution in [0.5, 0.6) is 0 Å². The molecule has 1 radical (unpaired) electrons. The van der Waals surface area contributed by atoms with E-state index in [0.717, 1.165) is 22.5 Å². The van der Waals surface area contributed by atoms with Gasteiger partial charge in [0.15, 0.2) is 0 Å². The third kappa shape index (κ3) is 36.5. The SMILES string of the molecule is C(=C\c1ccncn1)/c1cccnc1.C(=C\c1ccncn1)/c1cccnc1.O.[Mn+2].[O-][Cl+3]([O-])([O-])[O-].[O-][Cl+3]([O-])([O-])[O-].[OH3+].[OH3+].[OH3+].[OH3+]. The first-order valence-electron chi connectivity index (χ1n) is 9.82. The van der Waals surface area contributed by atoms with E-state index in [2.05, 4.69) is 29.9 Å². The molecule has 0 aliphatic heterocycles. The second kappa shape index (κ2) is 29.6. The predicted molar refractivity (Wildman–Crippen MR) is 133 cm³/mol. The maximum Gasteiger partial charge on any atom is 2.00 e. The fraction of sp³-hybridized carbons (Fsp3) is 0. The maximum atomic E-state index is 8.49. The van der Waals surface area contributed by atoms with Gasteiger partial charge in [-0.25, -0.2) is 57.2 Å². The second-order valence-electron chi connectivity index (χ2n) is 6.26. The van der Waals surface area contributed by atoms with E-state index in [4.69, 9.17) is 37.3 Å². The fourth-order valence-corrected chi connectivity index (χ4v) is 2.11. The minimum absolute atomic E-state index is 0. The van der Waals surface area contributed by atoms with Gasteiger partial charge in [0.2, 0.25) is 0 Å². The molecule has 0 fully saturated rings. The standard InChI is InChI=1S/2C11H9N3.2ClHO4.Mn.5H2O/c2*1-2-10(8-12-6-1)3-4-11-5-7-13-9-14-11;2*2-1(3,4)5;;;;;;/h2*1-9H;2*(H,2,3,4,5);;5*1H2/q;;;;+2;;;;;/p+2/b2*4-3+;;;;;;;;. The Hall–Kier alpha value is -3.48. The summed E-state index contributed by atoms with van der Waals surface area (Å²) >= 11 is 0. The van der Waals surface area contributed by atoms with Crippen LogP contribution >= 0.6 is 0 Å². The molecule has 44 heavy (non-hydrogen) atoms. The molecule has 0 amide bonds. The summed E-state index contributed by atoms with van der Waals surface area (Å²) in [5.74, 6) is 0. The van der Waals surface area contributed by atoms with Crippen molar-refractivity contribution < 1.29 is 102 Å². The van der Waals surface area contributed by atoms with Crippen LogP contribution in [0.25, 0.3) is 24.3 Å². The first kappa shape index (κ1) is 53.1. The Morgan fingerprint density at radius 2 is 0.795 bits per heavy atom. The Morgan fingerprint density at radius 1 is 0.477 bits per heavy atom. The summed E-state index contributed by atoms with van der Waals surface area (Å²) in [7, 11) is -9.89. The molecule has 245 valence electrons. The van der Waals surface area contributed by atoms with Gasteiger partial charge < -0.3 is 27.4 Å². The Bertz CT molecular complexity index is 1020. The number of aromatic nitrogens is 6. The molecule has 0 aliphatic rings. The van der Waals surface area contributed by atoms with Crippen molar-refractivity contribution in [2.24, 2.45) is 0 Å². The first-order chi connectivity index (χ1) is 17.9. The predicted octanol–water partition coefficient (Wildman–Crippen LogP) is -9.94. The Labute approximate surface area is 264 Å². The first-order valence-corrected chi connectivity index (χ1v) is 12.3. The monoisotopic (exact) mass is 713 g/mol. The smallest absolute Gasteiger partial charge is 0.457 e. The van der Waals surface area contributed by atoms with Crippen molar-refractivity contribution in [3.8, 4) is 0 Å². The normalized spacial score (nSPS) is 9.45. The zero-order valence-corrected chi connectivity index (χ0v) is 25.0. The van der Waals surface area contributed by atoms with E-state index in [1.807, 2.05) is 60.7 Å². The molecule has 0 atom stereocenters. The van der Waals surface area contributed by atoms with Crippen LogP contribution < -0.4 is 37.3 Å². The van der Waals surface area contributed by atoms with Gasteiger partial charge in [-0.3, -0.25) is 9.97 Å². The van der Waals surface area contributed by atoms with Gasteiger partial charge in [-0.2, -0.15) is 0 Å². The summed E-state index contributed by atoms with van der Waals surface area (Å²) in [4.78, 5) is 23.9. The maximum absolute atomic E-state index is 8.49. The van der Waals surface area contributed by atoms with E-state index in [0.29, 0.717) is 0 Å². The van der Waals surface area contributed by atoms with Crippen LogP contribution in [0, 0.1) is 20.5 Å². The number of rotatable bonds is 4. The van der Waals surface area contributed by atoms with E-state index in [1.54, 1.807) is 37.2 Å². The third-order valence-electron chi connectivity index (χ3n) is 3.47. The molecule has 4 heterocycles. The molecule has 0 aliphatic carbocycles. The molecule has 19 nitrogen and oxygen atoms in total. The van der Waals surface area contributed by atoms with Crippen LogP contribution in [0.4, 0.5) is 0 Å². The molecule has 0 bridgehead atoms. The van der Waals surface area contributed by atoms with Crippen LogP contribution in [0.3, 0.4) is 0 Å². The van der Waals surface area contributed by atoms with Crippen molar-refractivity contribution in [3.63, 3.8) is 0 Å². The molecular formula is C22H32Cl2MnN6O13+4. The minimum atomic E-state index is -4.94. The minimum Gasteiger partial charge on any atom is -0.457 e. The second-order valence-corrected chi connectivity index (χ2v) is 7.78. The molecule has 0 spiro atoms. The van der Waals surface area contributed by atoms with E-state index >= 15 is 0 Å². The largest absolute Gasteiger partial charge is 2.00 e. The van der Waals surface area contributed by atoms with Gasteiger partial charge >= 0.3 is 17.1 Å². The molecule has 0 saturated carbocycles. The van der Waals surface area contributed by atoms with Crippen molar-refractivity contribution in [2.45, 2.75) is 0 Å². The number of halogens is 2. The topological polar surface area (TPSA) is 425 Å². The van der Waals surface area contributed by atoms with Crippen LogP contribution in [0.2, 0.25) is 0 Å². The van der Waals surface area contributed by atoms with Crippen molar-refractivity contribution in [1.82, 2.24) is 29.9 Å². The molecule has 4 rings (SSSR count). The van der Waals surface area contributed by atoms with Crippen molar-refractivity contribution in [2.75, 3.05) is 0 Å². The van der Waals surface area contributed by atoms with Crippen molar-refractivity contribution in [3.05, 3.63) is 109 Å². The van der Waals surface area contributed by atoms with Gasteiger partial charge in [0.05, 0.1) is 11.4 Å². The summed E-state index contributed by atoms with van der Waals surface area (Å²) in [6.07, 6.45) is 21.4. The van der Waals surface area contributed by atoms with Gasteiger partial charge in [0.1, 0.15) is 12.7 Å². The summed E-state index contributed by atoms with van der Waals surface area (Å²) < 4.78 is 67.9. The van der Waals surface area contributed by atoms with Crippen molar-refractivity contribution >= 4 is 24.3 Å². The van der Waals surface area contributed by atoms with Gasteiger partial charge in [0, 0.05) is 37.2 Å². The van der Waals surface area contributed by atoms with E-state index in [1.165, 1.54) is 12.7 Å². The summed E-state index contributed by atoms with van der Waals surface area (Å²) in [5.41, 5.74) is 3.91. The van der Waals surface area contributed by atoms with Crippen LogP contribution in [0.15, 0.2) is 86.2 Å². The Morgan fingerprint density at radius 3 is 1.02 bits per heavy atom. The number of hydrogen-bond acceptors (Lipinski definition) is 14. The average molecular weight is 714 g/mol. The molecule has 0 saturated heterocycles. The van der Waals surface area contributed by atoms with E-state index in [9.17, 15) is 0 Å².